The minimum atomic E-state index is 0.686. The first-order valence-electron chi connectivity index (χ1n) is 8.27. The molecule has 0 saturated carbocycles. The molecule has 1 aliphatic heterocycles. The summed E-state index contributed by atoms with van der Waals surface area (Å²) in [5, 5.41) is 7.48. The maximum absolute atomic E-state index is 5.95. The number of benzene rings is 2. The molecule has 4 nitrogen and oxygen atoms in total. The summed E-state index contributed by atoms with van der Waals surface area (Å²) in [4.78, 5) is 2.36. The van der Waals surface area contributed by atoms with Crippen LogP contribution in [0, 0.1) is 0 Å². The van der Waals surface area contributed by atoms with Crippen molar-refractivity contribution in [2.24, 2.45) is 5.10 Å². The predicted molar refractivity (Wildman–Crippen MR) is 100 cm³/mol. The molecule has 0 spiro atoms. The van der Waals surface area contributed by atoms with E-state index in [0.717, 1.165) is 42.5 Å². The Morgan fingerprint density at radius 3 is 2.29 bits per heavy atom. The third-order valence-electron chi connectivity index (χ3n) is 4.01. The summed E-state index contributed by atoms with van der Waals surface area (Å²) >= 11 is 5.95. The molecule has 0 bridgehead atoms. The SMILES string of the molecule is CCOc1ccc(/C=N\N2CCN(c3ccc(Cl)cc3)CC2)cc1. The number of nitrogens with zero attached hydrogens (tertiary/aromatic N) is 3. The number of hydrazone groups is 1. The van der Waals surface area contributed by atoms with E-state index in [1.807, 2.05) is 49.5 Å². The van der Waals surface area contributed by atoms with Gasteiger partial charge in [-0.15, -0.1) is 0 Å². The second-order valence-electron chi connectivity index (χ2n) is 5.66. The highest BCUT2D eigenvalue weighted by molar-refractivity contribution is 6.30. The highest BCUT2D eigenvalue weighted by Gasteiger charge is 2.15. The number of rotatable bonds is 5. The van der Waals surface area contributed by atoms with Gasteiger partial charge in [-0.05, 0) is 61.0 Å². The molecular formula is C19H22ClN3O. The van der Waals surface area contributed by atoms with Crippen LogP contribution in [0.2, 0.25) is 5.02 Å². The first-order chi connectivity index (χ1) is 11.7. The average Bonchev–Trinajstić information content (AvgIpc) is 2.63. The number of ether oxygens (including phenoxy) is 1. The molecule has 1 fully saturated rings. The van der Waals surface area contributed by atoms with Gasteiger partial charge in [0.15, 0.2) is 0 Å². The van der Waals surface area contributed by atoms with Crippen LogP contribution >= 0.6 is 11.6 Å². The molecular weight excluding hydrogens is 322 g/mol. The van der Waals surface area contributed by atoms with E-state index in [1.54, 1.807) is 0 Å². The molecule has 3 rings (SSSR count). The minimum Gasteiger partial charge on any atom is -0.494 e. The van der Waals surface area contributed by atoms with Gasteiger partial charge in [-0.25, -0.2) is 0 Å². The first-order valence-corrected chi connectivity index (χ1v) is 8.64. The van der Waals surface area contributed by atoms with Crippen LogP contribution in [0.5, 0.6) is 5.75 Å². The predicted octanol–water partition coefficient (Wildman–Crippen LogP) is 3.89. The van der Waals surface area contributed by atoms with E-state index in [-0.39, 0.29) is 0 Å². The summed E-state index contributed by atoms with van der Waals surface area (Å²) in [5.41, 5.74) is 2.30. The van der Waals surface area contributed by atoms with Crippen molar-refractivity contribution >= 4 is 23.5 Å². The third kappa shape index (κ3) is 4.42. The van der Waals surface area contributed by atoms with Gasteiger partial charge >= 0.3 is 0 Å². The molecule has 0 aliphatic carbocycles. The van der Waals surface area contributed by atoms with Crippen LogP contribution in [-0.4, -0.2) is 44.0 Å². The van der Waals surface area contributed by atoms with Gasteiger partial charge in [0.25, 0.3) is 0 Å². The highest BCUT2D eigenvalue weighted by atomic mass is 35.5. The second kappa shape index (κ2) is 8.06. The Bertz CT molecular complexity index is 662. The van der Waals surface area contributed by atoms with Crippen molar-refractivity contribution in [1.82, 2.24) is 5.01 Å². The van der Waals surface area contributed by atoms with Crippen LogP contribution in [0.3, 0.4) is 0 Å². The minimum absolute atomic E-state index is 0.686. The number of piperazine rings is 1. The van der Waals surface area contributed by atoms with Gasteiger partial charge in [0, 0.05) is 23.8 Å². The van der Waals surface area contributed by atoms with Crippen LogP contribution in [0.25, 0.3) is 0 Å². The van der Waals surface area contributed by atoms with E-state index >= 15 is 0 Å². The van der Waals surface area contributed by atoms with Gasteiger partial charge in [0.1, 0.15) is 5.75 Å². The summed E-state index contributed by atoms with van der Waals surface area (Å²) < 4.78 is 5.45. The van der Waals surface area contributed by atoms with Crippen LogP contribution in [0.15, 0.2) is 53.6 Å². The van der Waals surface area contributed by atoms with Gasteiger partial charge in [-0.2, -0.15) is 5.10 Å². The first kappa shape index (κ1) is 16.7. The van der Waals surface area contributed by atoms with Crippen molar-refractivity contribution in [3.8, 4) is 5.75 Å². The lowest BCUT2D eigenvalue weighted by Gasteiger charge is -2.34. The number of hydrogen-bond acceptors (Lipinski definition) is 4. The third-order valence-corrected chi connectivity index (χ3v) is 4.26. The summed E-state index contributed by atoms with van der Waals surface area (Å²) in [7, 11) is 0. The Labute approximate surface area is 148 Å². The Morgan fingerprint density at radius 1 is 1.00 bits per heavy atom. The molecule has 0 unspecified atom stereocenters. The van der Waals surface area contributed by atoms with Crippen LogP contribution in [0.1, 0.15) is 12.5 Å². The molecule has 0 N–H and O–H groups in total. The zero-order valence-electron chi connectivity index (χ0n) is 13.9. The monoisotopic (exact) mass is 343 g/mol. The standard InChI is InChI=1S/C19H22ClN3O/c1-2-24-19-9-3-16(4-10-19)15-21-23-13-11-22(12-14-23)18-7-5-17(20)6-8-18/h3-10,15H,2,11-14H2,1H3/b21-15-. The molecule has 2 aromatic rings. The summed E-state index contributed by atoms with van der Waals surface area (Å²) in [6, 6.07) is 16.0. The Balaban J connectivity index is 1.52. The van der Waals surface area contributed by atoms with Crippen LogP contribution < -0.4 is 9.64 Å². The summed E-state index contributed by atoms with van der Waals surface area (Å²) in [6.45, 7) is 6.42. The van der Waals surface area contributed by atoms with E-state index < -0.39 is 0 Å². The van der Waals surface area contributed by atoms with E-state index in [0.29, 0.717) is 6.61 Å². The molecule has 0 aromatic heterocycles. The van der Waals surface area contributed by atoms with Crippen molar-refractivity contribution in [2.75, 3.05) is 37.7 Å². The highest BCUT2D eigenvalue weighted by Crippen LogP contribution is 2.19. The summed E-state index contributed by atoms with van der Waals surface area (Å²) in [6.07, 6.45) is 1.91. The van der Waals surface area contributed by atoms with Gasteiger partial charge in [0.2, 0.25) is 0 Å². The average molecular weight is 344 g/mol. The van der Waals surface area contributed by atoms with Crippen molar-refractivity contribution in [2.45, 2.75) is 6.92 Å². The molecule has 1 heterocycles. The summed E-state index contributed by atoms with van der Waals surface area (Å²) in [5.74, 6) is 0.895. The van der Waals surface area contributed by atoms with Gasteiger partial charge in [0.05, 0.1) is 25.9 Å². The Morgan fingerprint density at radius 2 is 1.67 bits per heavy atom. The molecule has 5 heteroatoms. The number of halogens is 1. The molecule has 0 radical (unpaired) electrons. The van der Waals surface area contributed by atoms with Crippen molar-refractivity contribution in [1.29, 1.82) is 0 Å². The maximum Gasteiger partial charge on any atom is 0.119 e. The van der Waals surface area contributed by atoms with Gasteiger partial charge < -0.3 is 9.64 Å². The van der Waals surface area contributed by atoms with Crippen molar-refractivity contribution < 1.29 is 4.74 Å². The maximum atomic E-state index is 5.95. The largest absolute Gasteiger partial charge is 0.494 e. The normalized spacial score (nSPS) is 15.1. The lowest BCUT2D eigenvalue weighted by molar-refractivity contribution is 0.272. The number of anilines is 1. The van der Waals surface area contributed by atoms with Crippen molar-refractivity contribution in [3.63, 3.8) is 0 Å². The Hall–Kier alpha value is -2.20. The molecule has 2 aromatic carbocycles. The number of hydrogen-bond donors (Lipinski definition) is 0. The van der Waals surface area contributed by atoms with E-state index in [4.69, 9.17) is 16.3 Å². The van der Waals surface area contributed by atoms with E-state index in [2.05, 4.69) is 27.1 Å². The van der Waals surface area contributed by atoms with Gasteiger partial charge in [-0.1, -0.05) is 11.6 Å². The molecule has 1 saturated heterocycles. The van der Waals surface area contributed by atoms with Crippen LogP contribution in [0.4, 0.5) is 5.69 Å². The fourth-order valence-electron chi connectivity index (χ4n) is 2.69. The topological polar surface area (TPSA) is 28.1 Å². The van der Waals surface area contributed by atoms with Crippen LogP contribution in [-0.2, 0) is 0 Å². The lowest BCUT2D eigenvalue weighted by atomic mass is 10.2. The van der Waals surface area contributed by atoms with E-state index in [9.17, 15) is 0 Å². The smallest absolute Gasteiger partial charge is 0.119 e. The van der Waals surface area contributed by atoms with Gasteiger partial charge in [-0.3, -0.25) is 5.01 Å². The molecule has 24 heavy (non-hydrogen) atoms. The van der Waals surface area contributed by atoms with E-state index in [1.165, 1.54) is 5.69 Å². The molecule has 0 atom stereocenters. The fourth-order valence-corrected chi connectivity index (χ4v) is 2.81. The lowest BCUT2D eigenvalue weighted by Crippen LogP contribution is -2.44. The Kier molecular flexibility index (Phi) is 5.59. The quantitative estimate of drug-likeness (QED) is 0.771. The van der Waals surface area contributed by atoms with Crippen molar-refractivity contribution in [3.05, 3.63) is 59.1 Å². The molecule has 0 amide bonds. The molecule has 126 valence electrons. The zero-order valence-corrected chi connectivity index (χ0v) is 14.6. The second-order valence-corrected chi connectivity index (χ2v) is 6.10. The molecule has 1 aliphatic rings. The fraction of sp³-hybridized carbons (Fsp3) is 0.316. The zero-order chi connectivity index (χ0) is 16.8.